The minimum Gasteiger partial charge on any atom is -0.457 e. The van der Waals surface area contributed by atoms with Gasteiger partial charge in [-0.15, -0.1) is 0 Å². The maximum absolute atomic E-state index is 11.7. The standard InChI is InChI=1S/C11H12Br2O4/c1-3-4-7(16-6(2)14)9-10(13)8(5-12)17-11(9)15/h5,7H,3-4H2,1-2H3. The van der Waals surface area contributed by atoms with Crippen LogP contribution in [0.1, 0.15) is 26.7 Å². The third-order valence-corrected chi connectivity index (χ3v) is 3.39. The molecule has 4 nitrogen and oxygen atoms in total. The molecule has 0 aromatic heterocycles. The predicted octanol–water partition coefficient (Wildman–Crippen LogP) is 3.16. The highest BCUT2D eigenvalue weighted by atomic mass is 79.9. The fraction of sp³-hybridized carbons (Fsp3) is 0.455. The predicted molar refractivity (Wildman–Crippen MR) is 69.5 cm³/mol. The summed E-state index contributed by atoms with van der Waals surface area (Å²) in [6.07, 6.45) is 0.807. The van der Waals surface area contributed by atoms with Crippen molar-refractivity contribution < 1.29 is 19.1 Å². The summed E-state index contributed by atoms with van der Waals surface area (Å²) in [5.41, 5.74) is 0.354. The first-order chi connectivity index (χ1) is 8.01. The number of halogens is 2. The van der Waals surface area contributed by atoms with Gasteiger partial charge in [-0.3, -0.25) is 4.79 Å². The molecule has 0 radical (unpaired) electrons. The van der Waals surface area contributed by atoms with Gasteiger partial charge in [-0.05, 0) is 22.4 Å². The van der Waals surface area contributed by atoms with Gasteiger partial charge in [-0.25, -0.2) is 4.79 Å². The monoisotopic (exact) mass is 366 g/mol. The number of carbonyl (C=O) groups excluding carboxylic acids is 2. The van der Waals surface area contributed by atoms with E-state index in [1.165, 1.54) is 11.9 Å². The molecule has 0 bridgehead atoms. The lowest BCUT2D eigenvalue weighted by molar-refractivity contribution is -0.146. The van der Waals surface area contributed by atoms with Gasteiger partial charge in [-0.1, -0.05) is 29.3 Å². The summed E-state index contributed by atoms with van der Waals surface area (Å²) in [5, 5.41) is 0. The molecule has 1 unspecified atom stereocenters. The molecule has 6 heteroatoms. The van der Waals surface area contributed by atoms with E-state index in [0.717, 1.165) is 6.42 Å². The van der Waals surface area contributed by atoms with Crippen molar-refractivity contribution in [1.29, 1.82) is 0 Å². The van der Waals surface area contributed by atoms with Gasteiger partial charge in [0.2, 0.25) is 0 Å². The third kappa shape index (κ3) is 3.42. The summed E-state index contributed by atoms with van der Waals surface area (Å²) in [5.74, 6) is -0.513. The van der Waals surface area contributed by atoms with Crippen molar-refractivity contribution in [1.82, 2.24) is 0 Å². The summed E-state index contributed by atoms with van der Waals surface area (Å²) < 4.78 is 10.7. The molecule has 0 aromatic carbocycles. The van der Waals surface area contributed by atoms with Gasteiger partial charge in [-0.2, -0.15) is 0 Å². The van der Waals surface area contributed by atoms with Crippen LogP contribution in [-0.2, 0) is 19.1 Å². The number of rotatable bonds is 4. The van der Waals surface area contributed by atoms with Crippen molar-refractivity contribution in [3.63, 3.8) is 0 Å². The lowest BCUT2D eigenvalue weighted by Crippen LogP contribution is -2.22. The van der Waals surface area contributed by atoms with Crippen LogP contribution >= 0.6 is 31.9 Å². The molecule has 0 spiro atoms. The lowest BCUT2D eigenvalue weighted by atomic mass is 10.1. The average molecular weight is 368 g/mol. The van der Waals surface area contributed by atoms with Crippen molar-refractivity contribution in [2.75, 3.05) is 0 Å². The van der Waals surface area contributed by atoms with Crippen LogP contribution in [0.3, 0.4) is 0 Å². The zero-order valence-corrected chi connectivity index (χ0v) is 12.6. The van der Waals surface area contributed by atoms with E-state index >= 15 is 0 Å². The molecule has 94 valence electrons. The van der Waals surface area contributed by atoms with Gasteiger partial charge >= 0.3 is 11.9 Å². The number of esters is 2. The molecule has 0 aliphatic carbocycles. The first-order valence-electron chi connectivity index (χ1n) is 5.11. The molecule has 1 aliphatic rings. The lowest BCUT2D eigenvalue weighted by Gasteiger charge is -2.15. The van der Waals surface area contributed by atoms with Crippen LogP contribution in [0, 0.1) is 0 Å². The Kier molecular flexibility index (Phi) is 5.39. The summed E-state index contributed by atoms with van der Waals surface area (Å²) >= 11 is 6.38. The Morgan fingerprint density at radius 2 is 2.24 bits per heavy atom. The van der Waals surface area contributed by atoms with Crippen molar-refractivity contribution in [3.05, 3.63) is 20.8 Å². The van der Waals surface area contributed by atoms with Crippen LogP contribution in [0.4, 0.5) is 0 Å². The maximum atomic E-state index is 11.7. The van der Waals surface area contributed by atoms with E-state index in [2.05, 4.69) is 31.9 Å². The van der Waals surface area contributed by atoms with E-state index in [0.29, 0.717) is 22.2 Å². The summed E-state index contributed by atoms with van der Waals surface area (Å²) in [7, 11) is 0. The first-order valence-corrected chi connectivity index (χ1v) is 6.81. The van der Waals surface area contributed by atoms with Crippen LogP contribution in [0.15, 0.2) is 20.8 Å². The fourth-order valence-corrected chi connectivity index (χ4v) is 2.73. The minimum absolute atomic E-state index is 0.354. The molecule has 1 heterocycles. The number of carbonyl (C=O) groups is 2. The fourth-order valence-electron chi connectivity index (χ4n) is 1.49. The van der Waals surface area contributed by atoms with Crippen molar-refractivity contribution in [3.8, 4) is 0 Å². The second-order valence-corrected chi connectivity index (χ2v) is 4.73. The van der Waals surface area contributed by atoms with Crippen LogP contribution in [0.2, 0.25) is 0 Å². The molecule has 0 N–H and O–H groups in total. The van der Waals surface area contributed by atoms with E-state index in [1.54, 1.807) is 0 Å². The highest BCUT2D eigenvalue weighted by Crippen LogP contribution is 2.35. The maximum Gasteiger partial charge on any atom is 0.344 e. The van der Waals surface area contributed by atoms with E-state index < -0.39 is 18.0 Å². The molecule has 0 aromatic rings. The van der Waals surface area contributed by atoms with Gasteiger partial charge < -0.3 is 9.47 Å². The number of allylic oxidation sites excluding steroid dienone is 1. The molecule has 1 aliphatic heterocycles. The molecular formula is C11H12Br2O4. The molecule has 1 atom stereocenters. The number of hydrogen-bond acceptors (Lipinski definition) is 4. The second kappa shape index (κ2) is 6.35. The Morgan fingerprint density at radius 1 is 1.59 bits per heavy atom. The highest BCUT2D eigenvalue weighted by Gasteiger charge is 2.35. The van der Waals surface area contributed by atoms with Crippen LogP contribution in [0.25, 0.3) is 0 Å². The zero-order chi connectivity index (χ0) is 13.0. The molecule has 0 saturated carbocycles. The Hall–Kier alpha value is -0.620. The van der Waals surface area contributed by atoms with Gasteiger partial charge in [0.25, 0.3) is 0 Å². The first kappa shape index (κ1) is 14.4. The zero-order valence-electron chi connectivity index (χ0n) is 9.46. The Labute approximate surface area is 116 Å². The molecule has 0 amide bonds. The quantitative estimate of drug-likeness (QED) is 0.716. The summed E-state index contributed by atoms with van der Waals surface area (Å²) in [4.78, 5) is 24.2. The molecular weight excluding hydrogens is 356 g/mol. The number of hydrogen-bond donors (Lipinski definition) is 0. The molecule has 17 heavy (non-hydrogen) atoms. The largest absolute Gasteiger partial charge is 0.457 e. The van der Waals surface area contributed by atoms with Crippen LogP contribution < -0.4 is 0 Å². The van der Waals surface area contributed by atoms with Gasteiger partial charge in [0.15, 0.2) is 5.76 Å². The summed E-state index contributed by atoms with van der Waals surface area (Å²) in [6.45, 7) is 3.27. The Bertz CT molecular complexity index is 398. The van der Waals surface area contributed by atoms with Crippen molar-refractivity contribution in [2.24, 2.45) is 0 Å². The number of ether oxygens (including phenoxy) is 2. The number of cyclic esters (lactones) is 1. The SMILES string of the molecule is CCCC(OC(C)=O)C1=C(Br)C(=CBr)OC1=O. The van der Waals surface area contributed by atoms with Gasteiger partial charge in [0.05, 0.1) is 10.1 Å². The van der Waals surface area contributed by atoms with E-state index in [9.17, 15) is 9.59 Å². The van der Waals surface area contributed by atoms with Crippen molar-refractivity contribution in [2.45, 2.75) is 32.8 Å². The van der Waals surface area contributed by atoms with E-state index in [-0.39, 0.29) is 0 Å². The Morgan fingerprint density at radius 3 is 2.65 bits per heavy atom. The van der Waals surface area contributed by atoms with Gasteiger partial charge in [0, 0.05) is 11.9 Å². The normalized spacial score (nSPS) is 19.5. The molecule has 0 fully saturated rings. The van der Waals surface area contributed by atoms with Crippen molar-refractivity contribution >= 4 is 43.8 Å². The molecule has 1 rings (SSSR count). The Balaban J connectivity index is 3.04. The highest BCUT2D eigenvalue weighted by molar-refractivity contribution is 9.12. The topological polar surface area (TPSA) is 52.6 Å². The van der Waals surface area contributed by atoms with E-state index in [4.69, 9.17) is 9.47 Å². The molecule has 0 saturated heterocycles. The average Bonchev–Trinajstić information content (AvgIpc) is 2.52. The van der Waals surface area contributed by atoms with E-state index in [1.807, 2.05) is 6.92 Å². The second-order valence-electron chi connectivity index (χ2n) is 3.48. The minimum atomic E-state index is -0.565. The summed E-state index contributed by atoms with van der Waals surface area (Å²) in [6, 6.07) is 0. The third-order valence-electron chi connectivity index (χ3n) is 2.16. The van der Waals surface area contributed by atoms with Crippen LogP contribution in [0.5, 0.6) is 0 Å². The smallest absolute Gasteiger partial charge is 0.344 e. The van der Waals surface area contributed by atoms with Gasteiger partial charge in [0.1, 0.15) is 6.10 Å². The van der Waals surface area contributed by atoms with Crippen LogP contribution in [-0.4, -0.2) is 18.0 Å².